The molecule has 3 rings (SSSR count). The SMILES string of the molecule is C/C(=N\NC(=O)CN(c1ccc(C)c(C)c1)S(=O)(=O)c1ccccc1)c1cccs1. The topological polar surface area (TPSA) is 78.8 Å². The van der Waals surface area contributed by atoms with Gasteiger partial charge in [-0.05, 0) is 67.6 Å². The minimum atomic E-state index is -3.93. The van der Waals surface area contributed by atoms with Crippen molar-refractivity contribution < 1.29 is 13.2 Å². The third-order valence-electron chi connectivity index (χ3n) is 4.62. The number of sulfonamides is 1. The van der Waals surface area contributed by atoms with E-state index < -0.39 is 15.9 Å². The van der Waals surface area contributed by atoms with Crippen molar-refractivity contribution in [2.24, 2.45) is 5.10 Å². The van der Waals surface area contributed by atoms with E-state index in [-0.39, 0.29) is 11.4 Å². The van der Waals surface area contributed by atoms with E-state index in [0.29, 0.717) is 11.4 Å². The molecule has 0 unspecified atom stereocenters. The van der Waals surface area contributed by atoms with Crippen LogP contribution < -0.4 is 9.73 Å². The summed E-state index contributed by atoms with van der Waals surface area (Å²) in [6.07, 6.45) is 0. The Kier molecular flexibility index (Phi) is 6.69. The third kappa shape index (κ3) is 4.95. The van der Waals surface area contributed by atoms with Gasteiger partial charge in [-0.15, -0.1) is 11.3 Å². The highest BCUT2D eigenvalue weighted by Crippen LogP contribution is 2.25. The summed E-state index contributed by atoms with van der Waals surface area (Å²) < 4.78 is 27.7. The molecule has 6 nitrogen and oxygen atoms in total. The molecular weight excluding hydrogens is 418 g/mol. The van der Waals surface area contributed by atoms with Gasteiger partial charge in [-0.3, -0.25) is 9.10 Å². The number of aryl methyl sites for hydroxylation is 2. The predicted octanol–water partition coefficient (Wildman–Crippen LogP) is 4.10. The average molecular weight is 442 g/mol. The van der Waals surface area contributed by atoms with Crippen molar-refractivity contribution in [1.82, 2.24) is 5.43 Å². The van der Waals surface area contributed by atoms with Crippen molar-refractivity contribution in [2.75, 3.05) is 10.8 Å². The molecule has 8 heteroatoms. The van der Waals surface area contributed by atoms with Gasteiger partial charge >= 0.3 is 0 Å². The molecule has 156 valence electrons. The minimum Gasteiger partial charge on any atom is -0.271 e. The fourth-order valence-corrected chi connectivity index (χ4v) is 4.88. The largest absolute Gasteiger partial charge is 0.271 e. The van der Waals surface area contributed by atoms with E-state index in [1.54, 1.807) is 37.3 Å². The number of carbonyl (C=O) groups excluding carboxylic acids is 1. The monoisotopic (exact) mass is 441 g/mol. The normalized spacial score (nSPS) is 11.9. The fraction of sp³-hybridized carbons (Fsp3) is 0.182. The van der Waals surface area contributed by atoms with Crippen LogP contribution in [0.15, 0.2) is 76.0 Å². The summed E-state index contributed by atoms with van der Waals surface area (Å²) in [5, 5.41) is 6.03. The van der Waals surface area contributed by atoms with E-state index in [4.69, 9.17) is 0 Å². The maximum atomic E-state index is 13.3. The highest BCUT2D eigenvalue weighted by molar-refractivity contribution is 7.92. The number of hydrogen-bond acceptors (Lipinski definition) is 5. The highest BCUT2D eigenvalue weighted by Gasteiger charge is 2.27. The summed E-state index contributed by atoms with van der Waals surface area (Å²) in [6, 6.07) is 17.2. The number of amides is 1. The Morgan fingerprint density at radius 1 is 1.03 bits per heavy atom. The number of hydrogen-bond donors (Lipinski definition) is 1. The van der Waals surface area contributed by atoms with Gasteiger partial charge in [0.2, 0.25) is 0 Å². The van der Waals surface area contributed by atoms with Gasteiger partial charge in [0.15, 0.2) is 0 Å². The first-order valence-electron chi connectivity index (χ1n) is 9.31. The van der Waals surface area contributed by atoms with Crippen LogP contribution in [0.4, 0.5) is 5.69 Å². The maximum absolute atomic E-state index is 13.3. The lowest BCUT2D eigenvalue weighted by Gasteiger charge is -2.24. The quantitative estimate of drug-likeness (QED) is 0.443. The molecule has 1 N–H and O–H groups in total. The second kappa shape index (κ2) is 9.23. The second-order valence-electron chi connectivity index (χ2n) is 6.80. The highest BCUT2D eigenvalue weighted by atomic mass is 32.2. The Bertz CT molecular complexity index is 1160. The van der Waals surface area contributed by atoms with Crippen LogP contribution in [0.25, 0.3) is 0 Å². The molecule has 0 bridgehead atoms. The summed E-state index contributed by atoms with van der Waals surface area (Å²) in [6.45, 7) is 5.25. The molecular formula is C22H23N3O3S2. The molecule has 0 aliphatic carbocycles. The van der Waals surface area contributed by atoms with Gasteiger partial charge in [-0.2, -0.15) is 5.10 Å². The zero-order chi connectivity index (χ0) is 21.7. The third-order valence-corrected chi connectivity index (χ3v) is 7.39. The molecule has 0 fully saturated rings. The van der Waals surface area contributed by atoms with Crippen molar-refractivity contribution in [3.63, 3.8) is 0 Å². The van der Waals surface area contributed by atoms with Gasteiger partial charge in [0.05, 0.1) is 16.3 Å². The number of nitrogens with one attached hydrogen (secondary N) is 1. The standard InChI is InChI=1S/C22H23N3O3S2/c1-16-11-12-19(14-17(16)2)25(30(27,28)20-8-5-4-6-9-20)15-22(26)24-23-18(3)21-10-7-13-29-21/h4-14H,15H2,1-3H3,(H,24,26)/b23-18+. The van der Waals surface area contributed by atoms with Crippen LogP contribution in [0, 0.1) is 13.8 Å². The van der Waals surface area contributed by atoms with Crippen LogP contribution >= 0.6 is 11.3 Å². The lowest BCUT2D eigenvalue weighted by molar-refractivity contribution is -0.119. The molecule has 0 aliphatic heterocycles. The van der Waals surface area contributed by atoms with Gasteiger partial charge in [0.25, 0.3) is 15.9 Å². The molecule has 0 atom stereocenters. The van der Waals surface area contributed by atoms with E-state index in [0.717, 1.165) is 20.3 Å². The van der Waals surface area contributed by atoms with Crippen LogP contribution in [-0.2, 0) is 14.8 Å². The van der Waals surface area contributed by atoms with Crippen molar-refractivity contribution in [3.05, 3.63) is 82.0 Å². The van der Waals surface area contributed by atoms with Gasteiger partial charge in [-0.25, -0.2) is 13.8 Å². The number of anilines is 1. The van der Waals surface area contributed by atoms with Crippen LogP contribution in [0.1, 0.15) is 22.9 Å². The number of nitrogens with zero attached hydrogens (tertiary/aromatic N) is 2. The molecule has 2 aromatic carbocycles. The molecule has 0 saturated heterocycles. The van der Waals surface area contributed by atoms with Crippen LogP contribution in [0.3, 0.4) is 0 Å². The Morgan fingerprint density at radius 3 is 2.40 bits per heavy atom. The first-order chi connectivity index (χ1) is 14.3. The average Bonchev–Trinajstić information content (AvgIpc) is 3.28. The lowest BCUT2D eigenvalue weighted by Crippen LogP contribution is -2.39. The van der Waals surface area contributed by atoms with Crippen molar-refractivity contribution in [2.45, 2.75) is 25.7 Å². The summed E-state index contributed by atoms with van der Waals surface area (Å²) in [5.74, 6) is -0.524. The molecule has 3 aromatic rings. The minimum absolute atomic E-state index is 0.120. The van der Waals surface area contributed by atoms with E-state index in [9.17, 15) is 13.2 Å². The molecule has 1 heterocycles. The van der Waals surface area contributed by atoms with Crippen molar-refractivity contribution >= 4 is 38.7 Å². The summed E-state index contributed by atoms with van der Waals surface area (Å²) in [5.41, 5.74) is 5.53. The predicted molar refractivity (Wildman–Crippen MR) is 122 cm³/mol. The Labute approximate surface area is 180 Å². The number of rotatable bonds is 7. The van der Waals surface area contributed by atoms with Crippen LogP contribution in [0.5, 0.6) is 0 Å². The Hall–Kier alpha value is -2.97. The lowest BCUT2D eigenvalue weighted by atomic mass is 10.1. The van der Waals surface area contributed by atoms with Gasteiger partial charge in [0.1, 0.15) is 6.54 Å². The number of hydrazone groups is 1. The van der Waals surface area contributed by atoms with Gasteiger partial charge in [0, 0.05) is 4.88 Å². The zero-order valence-corrected chi connectivity index (χ0v) is 18.6. The van der Waals surface area contributed by atoms with Gasteiger partial charge < -0.3 is 0 Å². The smallest absolute Gasteiger partial charge is 0.264 e. The molecule has 1 amide bonds. The first-order valence-corrected chi connectivity index (χ1v) is 11.6. The molecule has 0 spiro atoms. The number of carbonyl (C=O) groups is 1. The fourth-order valence-electron chi connectivity index (χ4n) is 2.77. The zero-order valence-electron chi connectivity index (χ0n) is 17.0. The van der Waals surface area contributed by atoms with Crippen LogP contribution in [-0.4, -0.2) is 26.6 Å². The number of thiophene rings is 1. The summed E-state index contributed by atoms with van der Waals surface area (Å²) in [7, 11) is -3.93. The Morgan fingerprint density at radius 2 is 1.77 bits per heavy atom. The molecule has 0 saturated carbocycles. The molecule has 0 radical (unpaired) electrons. The summed E-state index contributed by atoms with van der Waals surface area (Å²) in [4.78, 5) is 13.7. The first kappa shape index (κ1) is 21.7. The number of benzene rings is 2. The van der Waals surface area contributed by atoms with Gasteiger partial charge in [-0.1, -0.05) is 30.3 Å². The molecule has 1 aromatic heterocycles. The van der Waals surface area contributed by atoms with Crippen molar-refractivity contribution in [1.29, 1.82) is 0 Å². The molecule has 30 heavy (non-hydrogen) atoms. The van der Waals surface area contributed by atoms with Crippen molar-refractivity contribution in [3.8, 4) is 0 Å². The van der Waals surface area contributed by atoms with E-state index >= 15 is 0 Å². The van der Waals surface area contributed by atoms with E-state index in [1.165, 1.54) is 23.5 Å². The molecule has 0 aliphatic rings. The summed E-state index contributed by atoms with van der Waals surface area (Å²) >= 11 is 1.51. The van der Waals surface area contributed by atoms with E-state index in [2.05, 4.69) is 10.5 Å². The second-order valence-corrected chi connectivity index (χ2v) is 9.61. The Balaban J connectivity index is 1.90. The van der Waals surface area contributed by atoms with Crippen LogP contribution in [0.2, 0.25) is 0 Å². The van der Waals surface area contributed by atoms with E-state index in [1.807, 2.05) is 37.4 Å². The maximum Gasteiger partial charge on any atom is 0.264 e.